The van der Waals surface area contributed by atoms with E-state index in [9.17, 15) is 4.79 Å². The summed E-state index contributed by atoms with van der Waals surface area (Å²) >= 11 is 13.7. The number of pyridine rings is 1. The number of amidine groups is 1. The minimum Gasteiger partial charge on any atom is -0.382 e. The number of nitrogen functional groups attached to an aromatic ring is 1. The molecule has 5 rings (SSSR count). The number of thioether (sulfide) groups is 1. The zero-order valence-electron chi connectivity index (χ0n) is 18.2. The first-order valence-corrected chi connectivity index (χ1v) is 12.5. The van der Waals surface area contributed by atoms with Gasteiger partial charge in [-0.05, 0) is 60.9 Å². The Morgan fingerprint density at radius 1 is 1.21 bits per heavy atom. The van der Waals surface area contributed by atoms with E-state index < -0.39 is 0 Å². The van der Waals surface area contributed by atoms with Crippen LogP contribution < -0.4 is 11.5 Å². The zero-order valence-corrected chi connectivity index (χ0v) is 20.6. The normalized spacial score (nSPS) is 24.0. The van der Waals surface area contributed by atoms with Gasteiger partial charge in [-0.25, -0.2) is 9.98 Å². The lowest BCUT2D eigenvalue weighted by Crippen LogP contribution is -2.49. The van der Waals surface area contributed by atoms with Crippen LogP contribution in [0.15, 0.2) is 51.5 Å². The second-order valence-corrected chi connectivity index (χ2v) is 10.9. The molecular weight excluding hydrogens is 477 g/mol. The fourth-order valence-electron chi connectivity index (χ4n) is 5.21. The van der Waals surface area contributed by atoms with Crippen LogP contribution in [-0.4, -0.2) is 34.6 Å². The lowest BCUT2D eigenvalue weighted by molar-refractivity contribution is -0.116. The first-order chi connectivity index (χ1) is 15.8. The number of hydrogen-bond acceptors (Lipinski definition) is 7. The van der Waals surface area contributed by atoms with Crippen molar-refractivity contribution in [3.05, 3.63) is 62.7 Å². The molecule has 1 aromatic carbocycles. The fourth-order valence-corrected chi connectivity index (χ4v) is 6.56. The molecular formula is C24H25Cl2N5OS. The molecule has 9 heteroatoms. The van der Waals surface area contributed by atoms with Gasteiger partial charge >= 0.3 is 0 Å². The number of piperidine rings is 1. The van der Waals surface area contributed by atoms with Gasteiger partial charge in [-0.15, -0.1) is 0 Å². The molecule has 1 saturated heterocycles. The van der Waals surface area contributed by atoms with E-state index in [0.29, 0.717) is 14.8 Å². The third kappa shape index (κ3) is 3.95. The molecule has 6 nitrogen and oxygen atoms in total. The van der Waals surface area contributed by atoms with Gasteiger partial charge in [-0.3, -0.25) is 4.79 Å². The number of carbonyl (C=O) groups excluding carboxylic acids is 1. The lowest BCUT2D eigenvalue weighted by atomic mass is 9.73. The molecule has 2 unspecified atom stereocenters. The number of likely N-dealkylation sites (tertiary alicyclic amines) is 1. The maximum Gasteiger partial charge on any atom is 0.181 e. The van der Waals surface area contributed by atoms with Gasteiger partial charge in [0.05, 0.1) is 15.8 Å². The van der Waals surface area contributed by atoms with Gasteiger partial charge in [-0.2, -0.15) is 0 Å². The van der Waals surface area contributed by atoms with E-state index >= 15 is 0 Å². The molecule has 1 aliphatic carbocycles. The van der Waals surface area contributed by atoms with Crippen LogP contribution in [0.4, 0.5) is 5.82 Å². The second kappa shape index (κ2) is 8.62. The minimum atomic E-state index is -0.322. The van der Waals surface area contributed by atoms with Crippen molar-refractivity contribution in [1.29, 1.82) is 0 Å². The molecule has 2 aliphatic heterocycles. The standard InChI is InChI=1S/C24H25Cl2N5OS/c1-13-20(32)18(33-17-4-7-29-22(28)19(17)26)12-30-23(13)31-8-5-24(6-9-31)11-14-2-3-15(25)10-16(14)21(24)27/h2-4,7,10,12-13,21H,5-6,8-9,11,27H2,1H3,(H2,28,29). The molecule has 0 amide bonds. The molecule has 1 spiro atoms. The average molecular weight is 502 g/mol. The van der Waals surface area contributed by atoms with Gasteiger partial charge in [0.1, 0.15) is 11.7 Å². The SMILES string of the molecule is CC1C(=O)C(Sc2ccnc(N)c2Cl)=CN=C1N1CCC2(CC1)Cc1ccc(Cl)cc1C2N. The Bertz CT molecular complexity index is 1190. The zero-order chi connectivity index (χ0) is 23.3. The van der Waals surface area contributed by atoms with E-state index in [1.165, 1.54) is 22.9 Å². The number of Topliss-reactive ketones (excluding diaryl/α,β-unsaturated/α-hetero) is 1. The highest BCUT2D eigenvalue weighted by Gasteiger charge is 2.47. The highest BCUT2D eigenvalue weighted by atomic mass is 35.5. The summed E-state index contributed by atoms with van der Waals surface area (Å²) < 4.78 is 0. The van der Waals surface area contributed by atoms with Gasteiger partial charge < -0.3 is 16.4 Å². The number of nitrogens with zero attached hydrogens (tertiary/aromatic N) is 3. The van der Waals surface area contributed by atoms with Crippen molar-refractivity contribution < 1.29 is 4.79 Å². The fraction of sp³-hybridized carbons (Fsp3) is 0.375. The highest BCUT2D eigenvalue weighted by Crippen LogP contribution is 2.51. The molecule has 4 N–H and O–H groups in total. The molecule has 1 fully saturated rings. The van der Waals surface area contributed by atoms with Crippen molar-refractivity contribution in [3.63, 3.8) is 0 Å². The van der Waals surface area contributed by atoms with Gasteiger partial charge in [0.25, 0.3) is 0 Å². The van der Waals surface area contributed by atoms with E-state index in [4.69, 9.17) is 39.7 Å². The van der Waals surface area contributed by atoms with E-state index in [-0.39, 0.29) is 29.0 Å². The van der Waals surface area contributed by atoms with Crippen molar-refractivity contribution in [1.82, 2.24) is 9.88 Å². The smallest absolute Gasteiger partial charge is 0.181 e. The quantitative estimate of drug-likeness (QED) is 0.609. The highest BCUT2D eigenvalue weighted by molar-refractivity contribution is 8.04. The summed E-state index contributed by atoms with van der Waals surface area (Å²) in [6.45, 7) is 3.57. The number of benzene rings is 1. The molecule has 172 valence electrons. The van der Waals surface area contributed by atoms with E-state index in [1.54, 1.807) is 18.5 Å². The first kappa shape index (κ1) is 22.7. The summed E-state index contributed by atoms with van der Waals surface area (Å²) in [7, 11) is 0. The third-order valence-corrected chi connectivity index (χ3v) is 9.00. The predicted octanol–water partition coefficient (Wildman–Crippen LogP) is 4.86. The number of fused-ring (bicyclic) bond motifs is 1. The number of hydrogen-bond donors (Lipinski definition) is 2. The summed E-state index contributed by atoms with van der Waals surface area (Å²) in [6, 6.07) is 7.81. The Labute approximate surface area is 207 Å². The Morgan fingerprint density at radius 3 is 2.73 bits per heavy atom. The summed E-state index contributed by atoms with van der Waals surface area (Å²) in [6.07, 6.45) is 6.12. The van der Waals surface area contributed by atoms with Crippen LogP contribution in [0.5, 0.6) is 0 Å². The molecule has 2 atom stereocenters. The van der Waals surface area contributed by atoms with Crippen LogP contribution in [0.25, 0.3) is 0 Å². The molecule has 0 radical (unpaired) electrons. The molecule has 3 aliphatic rings. The van der Waals surface area contributed by atoms with Crippen LogP contribution in [0.3, 0.4) is 0 Å². The molecule has 2 aromatic rings. The number of aliphatic imine (C=N–C) groups is 1. The summed E-state index contributed by atoms with van der Waals surface area (Å²) in [5.74, 6) is 0.792. The Morgan fingerprint density at radius 2 is 1.97 bits per heavy atom. The number of halogens is 2. The average Bonchev–Trinajstić information content (AvgIpc) is 3.06. The Kier molecular flexibility index (Phi) is 5.93. The number of anilines is 1. The van der Waals surface area contributed by atoms with Crippen molar-refractivity contribution in [3.8, 4) is 0 Å². The Balaban J connectivity index is 1.31. The predicted molar refractivity (Wildman–Crippen MR) is 135 cm³/mol. The van der Waals surface area contributed by atoms with Crippen LogP contribution >= 0.6 is 35.0 Å². The number of carbonyl (C=O) groups is 1. The number of allylic oxidation sites excluding steroid dienone is 1. The second-order valence-electron chi connectivity index (χ2n) is 9.02. The molecule has 0 saturated carbocycles. The van der Waals surface area contributed by atoms with E-state index in [1.807, 2.05) is 19.1 Å². The van der Waals surface area contributed by atoms with Crippen molar-refractivity contribution in [2.45, 2.75) is 37.1 Å². The monoisotopic (exact) mass is 501 g/mol. The third-order valence-electron chi connectivity index (χ3n) is 7.17. The lowest BCUT2D eigenvalue weighted by Gasteiger charge is -2.44. The van der Waals surface area contributed by atoms with Gasteiger partial charge in [0.2, 0.25) is 0 Å². The molecule has 1 aromatic heterocycles. The van der Waals surface area contributed by atoms with Gasteiger partial charge in [0, 0.05) is 41.4 Å². The van der Waals surface area contributed by atoms with Crippen LogP contribution in [0.2, 0.25) is 10.0 Å². The maximum absolute atomic E-state index is 13.1. The van der Waals surface area contributed by atoms with E-state index in [0.717, 1.165) is 43.2 Å². The number of rotatable bonds is 2. The molecule has 0 bridgehead atoms. The van der Waals surface area contributed by atoms with Crippen LogP contribution in [-0.2, 0) is 11.2 Å². The maximum atomic E-state index is 13.1. The number of nitrogens with two attached hydrogens (primary N) is 2. The molecule has 3 heterocycles. The topological polar surface area (TPSA) is 97.6 Å². The van der Waals surface area contributed by atoms with Crippen molar-refractivity contribution >= 4 is 52.4 Å². The summed E-state index contributed by atoms with van der Waals surface area (Å²) in [5.41, 5.74) is 15.0. The largest absolute Gasteiger partial charge is 0.382 e. The van der Waals surface area contributed by atoms with E-state index in [2.05, 4.69) is 16.0 Å². The Hall–Kier alpha value is -2.06. The minimum absolute atomic E-state index is 0.0128. The van der Waals surface area contributed by atoms with Crippen molar-refractivity contribution in [2.24, 2.45) is 22.1 Å². The van der Waals surface area contributed by atoms with Crippen molar-refractivity contribution in [2.75, 3.05) is 18.8 Å². The number of ketones is 1. The summed E-state index contributed by atoms with van der Waals surface area (Å²) in [5, 5.41) is 1.09. The van der Waals surface area contributed by atoms with Gasteiger partial charge in [-0.1, -0.05) is 41.0 Å². The van der Waals surface area contributed by atoms with Gasteiger partial charge in [0.15, 0.2) is 5.78 Å². The first-order valence-electron chi connectivity index (χ1n) is 11.0. The van der Waals surface area contributed by atoms with Crippen LogP contribution in [0, 0.1) is 11.3 Å². The molecule has 33 heavy (non-hydrogen) atoms. The summed E-state index contributed by atoms with van der Waals surface area (Å²) in [4.78, 5) is 25.3. The number of aromatic nitrogens is 1. The van der Waals surface area contributed by atoms with Crippen LogP contribution in [0.1, 0.15) is 36.9 Å².